The van der Waals surface area contributed by atoms with Gasteiger partial charge in [0.15, 0.2) is 5.78 Å². The summed E-state index contributed by atoms with van der Waals surface area (Å²) >= 11 is 0. The average Bonchev–Trinajstić information content (AvgIpc) is 2.05. The average molecular weight is 151 g/mol. The van der Waals surface area contributed by atoms with Gasteiger partial charge in [-0.25, -0.2) is 0 Å². The minimum absolute atomic E-state index is 0.0856. The molecule has 0 saturated carbocycles. The van der Waals surface area contributed by atoms with Crippen molar-refractivity contribution in [1.29, 1.82) is 0 Å². The third kappa shape index (κ3) is 1.77. The van der Waals surface area contributed by atoms with E-state index in [9.17, 15) is 4.79 Å². The molecule has 2 N–H and O–H groups in total. The Morgan fingerprint density at radius 1 is 1.45 bits per heavy atom. The summed E-state index contributed by atoms with van der Waals surface area (Å²) < 4.78 is 0. The van der Waals surface area contributed by atoms with Gasteiger partial charge in [-0.1, -0.05) is 17.2 Å². The maximum Gasteiger partial charge on any atom is 0.157 e. The van der Waals surface area contributed by atoms with Gasteiger partial charge in [-0.3, -0.25) is 4.79 Å². The van der Waals surface area contributed by atoms with Gasteiger partial charge in [-0.2, -0.15) is 0 Å². The fourth-order valence-corrected chi connectivity index (χ4v) is 1.08. The number of ketones is 1. The summed E-state index contributed by atoms with van der Waals surface area (Å²) in [6.07, 6.45) is 3.88. The predicted molar refractivity (Wildman–Crippen MR) is 45.1 cm³/mol. The fourth-order valence-electron chi connectivity index (χ4n) is 1.08. The molecule has 0 heterocycles. The van der Waals surface area contributed by atoms with E-state index in [0.29, 0.717) is 6.42 Å². The van der Waals surface area contributed by atoms with Crippen molar-refractivity contribution >= 4 is 5.78 Å². The van der Waals surface area contributed by atoms with E-state index < -0.39 is 0 Å². The molecule has 1 unspecified atom stereocenters. The van der Waals surface area contributed by atoms with Gasteiger partial charge in [0.05, 0.1) is 0 Å². The summed E-state index contributed by atoms with van der Waals surface area (Å²) in [4.78, 5) is 11.0. The molecule has 0 aromatic rings. The van der Waals surface area contributed by atoms with E-state index in [0.717, 1.165) is 11.1 Å². The second-order valence-electron chi connectivity index (χ2n) is 2.98. The zero-order valence-electron chi connectivity index (χ0n) is 6.92. The molecule has 0 bridgehead atoms. The van der Waals surface area contributed by atoms with E-state index in [1.807, 2.05) is 19.9 Å². The van der Waals surface area contributed by atoms with Gasteiger partial charge in [0, 0.05) is 12.5 Å². The molecule has 1 aliphatic carbocycles. The zero-order valence-corrected chi connectivity index (χ0v) is 6.92. The lowest BCUT2D eigenvalue weighted by molar-refractivity contribution is -0.114. The highest BCUT2D eigenvalue weighted by atomic mass is 16.1. The molecule has 1 aliphatic rings. The Hall–Kier alpha value is -0.890. The van der Waals surface area contributed by atoms with Crippen LogP contribution in [-0.4, -0.2) is 11.8 Å². The van der Waals surface area contributed by atoms with Gasteiger partial charge >= 0.3 is 0 Å². The highest BCUT2D eigenvalue weighted by Crippen LogP contribution is 2.14. The molecule has 0 saturated heterocycles. The van der Waals surface area contributed by atoms with Crippen LogP contribution in [0.15, 0.2) is 23.3 Å². The molecule has 0 amide bonds. The monoisotopic (exact) mass is 151 g/mol. The van der Waals surface area contributed by atoms with Crippen LogP contribution in [0.2, 0.25) is 0 Å². The maximum absolute atomic E-state index is 11.0. The summed E-state index contributed by atoms with van der Waals surface area (Å²) in [5.41, 5.74) is 7.97. The van der Waals surface area contributed by atoms with Crippen LogP contribution < -0.4 is 5.73 Å². The lowest BCUT2D eigenvalue weighted by Crippen LogP contribution is -2.23. The van der Waals surface area contributed by atoms with E-state index in [2.05, 4.69) is 0 Å². The molecule has 2 heteroatoms. The SMILES string of the molecule is CC1=C(C)C(N)CC(=O)C=C1. The largest absolute Gasteiger partial charge is 0.324 e. The van der Waals surface area contributed by atoms with Crippen LogP contribution in [0.1, 0.15) is 20.3 Å². The first-order valence-electron chi connectivity index (χ1n) is 3.75. The van der Waals surface area contributed by atoms with Crippen molar-refractivity contribution in [3.8, 4) is 0 Å². The Morgan fingerprint density at radius 2 is 2.09 bits per heavy atom. The zero-order chi connectivity index (χ0) is 8.43. The van der Waals surface area contributed by atoms with Crippen molar-refractivity contribution in [3.05, 3.63) is 23.3 Å². The van der Waals surface area contributed by atoms with Gasteiger partial charge in [0.25, 0.3) is 0 Å². The van der Waals surface area contributed by atoms with Crippen molar-refractivity contribution in [2.45, 2.75) is 26.3 Å². The smallest absolute Gasteiger partial charge is 0.157 e. The van der Waals surface area contributed by atoms with E-state index in [1.165, 1.54) is 0 Å². The summed E-state index contributed by atoms with van der Waals surface area (Å²) in [6, 6.07) is -0.0856. The number of hydrogen-bond acceptors (Lipinski definition) is 2. The van der Waals surface area contributed by atoms with Crippen molar-refractivity contribution < 1.29 is 4.79 Å². The second kappa shape index (κ2) is 3.01. The van der Waals surface area contributed by atoms with Crippen molar-refractivity contribution in [1.82, 2.24) is 0 Å². The first-order valence-corrected chi connectivity index (χ1v) is 3.75. The van der Waals surface area contributed by atoms with Gasteiger partial charge in [-0.15, -0.1) is 0 Å². The van der Waals surface area contributed by atoms with Crippen LogP contribution in [0.3, 0.4) is 0 Å². The van der Waals surface area contributed by atoms with Crippen molar-refractivity contribution in [3.63, 3.8) is 0 Å². The van der Waals surface area contributed by atoms with Crippen molar-refractivity contribution in [2.75, 3.05) is 0 Å². The van der Waals surface area contributed by atoms with Gasteiger partial charge in [0.1, 0.15) is 0 Å². The molecule has 0 spiro atoms. The van der Waals surface area contributed by atoms with Crippen LogP contribution in [0.5, 0.6) is 0 Å². The van der Waals surface area contributed by atoms with E-state index in [4.69, 9.17) is 5.73 Å². The predicted octanol–water partition coefficient (Wildman–Crippen LogP) is 1.18. The lowest BCUT2D eigenvalue weighted by Gasteiger charge is -2.09. The molecule has 2 nitrogen and oxygen atoms in total. The van der Waals surface area contributed by atoms with Crippen LogP contribution >= 0.6 is 0 Å². The molecule has 0 fully saturated rings. The molecule has 1 atom stereocenters. The summed E-state index contributed by atoms with van der Waals surface area (Å²) in [5.74, 6) is 0.119. The van der Waals surface area contributed by atoms with Crippen LogP contribution in [0.4, 0.5) is 0 Å². The Morgan fingerprint density at radius 3 is 2.73 bits per heavy atom. The first kappa shape index (κ1) is 8.21. The number of hydrogen-bond donors (Lipinski definition) is 1. The molecule has 0 aliphatic heterocycles. The number of nitrogens with two attached hydrogens (primary N) is 1. The number of allylic oxidation sites excluding steroid dienone is 3. The standard InChI is InChI=1S/C9H13NO/c1-6-3-4-8(11)5-9(10)7(6)2/h3-4,9H,5,10H2,1-2H3. The number of rotatable bonds is 0. The normalized spacial score (nSPS) is 25.7. The molecule has 0 aromatic heterocycles. The Kier molecular flexibility index (Phi) is 2.25. The summed E-state index contributed by atoms with van der Waals surface area (Å²) in [7, 11) is 0. The molecule has 0 radical (unpaired) electrons. The highest BCUT2D eigenvalue weighted by molar-refractivity contribution is 5.91. The van der Waals surface area contributed by atoms with Gasteiger partial charge in [-0.05, 0) is 19.9 Å². The third-order valence-electron chi connectivity index (χ3n) is 2.12. The Labute approximate surface area is 66.8 Å². The Balaban J connectivity index is 2.94. The first-order chi connectivity index (χ1) is 5.11. The van der Waals surface area contributed by atoms with Crippen molar-refractivity contribution in [2.24, 2.45) is 5.73 Å². The quantitative estimate of drug-likeness (QED) is 0.565. The second-order valence-corrected chi connectivity index (χ2v) is 2.98. The maximum atomic E-state index is 11.0. The molecule has 1 rings (SSSR count). The van der Waals surface area contributed by atoms with E-state index in [-0.39, 0.29) is 11.8 Å². The lowest BCUT2D eigenvalue weighted by atomic mass is 10.0. The van der Waals surface area contributed by atoms with Crippen LogP contribution in [0.25, 0.3) is 0 Å². The Bertz CT molecular complexity index is 238. The topological polar surface area (TPSA) is 43.1 Å². The summed E-state index contributed by atoms with van der Waals surface area (Å²) in [5, 5.41) is 0. The molecule has 11 heavy (non-hydrogen) atoms. The summed E-state index contributed by atoms with van der Waals surface area (Å²) in [6.45, 7) is 3.95. The highest BCUT2D eigenvalue weighted by Gasteiger charge is 2.13. The minimum Gasteiger partial charge on any atom is -0.324 e. The van der Waals surface area contributed by atoms with Gasteiger partial charge in [0.2, 0.25) is 0 Å². The number of carbonyl (C=O) groups excluding carboxylic acids is 1. The number of carbonyl (C=O) groups is 1. The third-order valence-corrected chi connectivity index (χ3v) is 2.12. The molecular weight excluding hydrogens is 138 g/mol. The minimum atomic E-state index is -0.0856. The van der Waals surface area contributed by atoms with E-state index in [1.54, 1.807) is 6.08 Å². The molecular formula is C9H13NO. The molecule has 60 valence electrons. The van der Waals surface area contributed by atoms with Gasteiger partial charge < -0.3 is 5.73 Å². The van der Waals surface area contributed by atoms with Crippen LogP contribution in [0, 0.1) is 0 Å². The van der Waals surface area contributed by atoms with Crippen LogP contribution in [-0.2, 0) is 4.79 Å². The molecule has 0 aromatic carbocycles. The fraction of sp³-hybridized carbons (Fsp3) is 0.444. The van der Waals surface area contributed by atoms with E-state index >= 15 is 0 Å².